The lowest BCUT2D eigenvalue weighted by Gasteiger charge is -2.09. The van der Waals surface area contributed by atoms with Crippen molar-refractivity contribution in [3.05, 3.63) is 36.1 Å². The van der Waals surface area contributed by atoms with Crippen molar-refractivity contribution in [1.29, 1.82) is 0 Å². The quantitative estimate of drug-likeness (QED) is 0.689. The maximum atomic E-state index is 12.6. The van der Waals surface area contributed by atoms with Crippen LogP contribution in [0.15, 0.2) is 34.9 Å². The zero-order chi connectivity index (χ0) is 9.47. The number of hydrogen-bond acceptors (Lipinski definition) is 2. The van der Waals surface area contributed by atoms with Crippen molar-refractivity contribution in [3.63, 3.8) is 0 Å². The van der Waals surface area contributed by atoms with Crippen LogP contribution in [0.4, 0.5) is 8.78 Å². The predicted octanol–water partition coefficient (Wildman–Crippen LogP) is 2.44. The number of rotatable bonds is 1. The van der Waals surface area contributed by atoms with Crippen LogP contribution in [0.25, 0.3) is 11.0 Å². The fourth-order valence-corrected chi connectivity index (χ4v) is 1.16. The van der Waals surface area contributed by atoms with E-state index in [1.54, 1.807) is 12.1 Å². The third-order valence-electron chi connectivity index (χ3n) is 1.84. The van der Waals surface area contributed by atoms with E-state index in [0.717, 1.165) is 5.39 Å². The van der Waals surface area contributed by atoms with Gasteiger partial charge in [0, 0.05) is 10.9 Å². The average Bonchev–Trinajstić information content (AvgIpc) is 2.47. The molecule has 1 heterocycles. The number of halogens is 2. The van der Waals surface area contributed by atoms with E-state index < -0.39 is 6.05 Å². The topological polar surface area (TPSA) is 39.2 Å². The molecule has 0 saturated carbocycles. The summed E-state index contributed by atoms with van der Waals surface area (Å²) in [5, 5.41) is 0.785. The smallest absolute Gasteiger partial charge is 0.327 e. The Hall–Kier alpha value is -1.42. The van der Waals surface area contributed by atoms with Gasteiger partial charge in [-0.1, -0.05) is 12.1 Å². The molecule has 0 amide bonds. The highest BCUT2D eigenvalue weighted by Gasteiger charge is 2.25. The number of hydrogen-bond donors (Lipinski definition) is 1. The first-order chi connectivity index (χ1) is 6.07. The second kappa shape index (κ2) is 2.53. The van der Waals surface area contributed by atoms with Gasteiger partial charge in [-0.25, -0.2) is 0 Å². The number of nitrogens with two attached hydrogens (primary N) is 1. The van der Waals surface area contributed by atoms with Gasteiger partial charge in [-0.3, -0.25) is 5.73 Å². The van der Waals surface area contributed by atoms with Crippen LogP contribution >= 0.6 is 0 Å². The Morgan fingerprint density at radius 2 is 2.00 bits per heavy atom. The van der Waals surface area contributed by atoms with Gasteiger partial charge >= 0.3 is 6.05 Å². The molecule has 0 aliphatic rings. The lowest BCUT2D eigenvalue weighted by molar-refractivity contribution is 0.00304. The van der Waals surface area contributed by atoms with Gasteiger partial charge < -0.3 is 4.42 Å². The highest BCUT2D eigenvalue weighted by atomic mass is 19.3. The van der Waals surface area contributed by atoms with Crippen LogP contribution in [0.1, 0.15) is 5.56 Å². The minimum Gasteiger partial charge on any atom is -0.464 e. The summed E-state index contributed by atoms with van der Waals surface area (Å²) in [7, 11) is 0. The Morgan fingerprint density at radius 3 is 2.69 bits per heavy atom. The zero-order valence-corrected chi connectivity index (χ0v) is 6.63. The molecule has 0 radical (unpaired) electrons. The lowest BCUT2D eigenvalue weighted by atomic mass is 10.1. The minimum absolute atomic E-state index is 0.241. The molecule has 1 aromatic heterocycles. The van der Waals surface area contributed by atoms with Crippen LogP contribution in [0.2, 0.25) is 0 Å². The molecule has 0 unspecified atom stereocenters. The predicted molar refractivity (Wildman–Crippen MR) is 44.3 cm³/mol. The Kier molecular flexibility index (Phi) is 1.60. The number of benzene rings is 1. The molecule has 4 heteroatoms. The molecule has 13 heavy (non-hydrogen) atoms. The van der Waals surface area contributed by atoms with Crippen molar-refractivity contribution in [2.75, 3.05) is 0 Å². The molecule has 68 valence electrons. The van der Waals surface area contributed by atoms with Crippen molar-refractivity contribution in [2.45, 2.75) is 6.05 Å². The van der Waals surface area contributed by atoms with Crippen molar-refractivity contribution in [3.8, 4) is 0 Å². The Morgan fingerprint density at radius 1 is 1.23 bits per heavy atom. The molecule has 2 nitrogen and oxygen atoms in total. The summed E-state index contributed by atoms with van der Waals surface area (Å²) in [4.78, 5) is 0. The van der Waals surface area contributed by atoms with E-state index in [0.29, 0.717) is 5.58 Å². The monoisotopic (exact) mass is 183 g/mol. The van der Waals surface area contributed by atoms with Crippen molar-refractivity contribution < 1.29 is 13.2 Å². The van der Waals surface area contributed by atoms with E-state index in [9.17, 15) is 8.78 Å². The van der Waals surface area contributed by atoms with E-state index in [1.807, 2.05) is 0 Å². The van der Waals surface area contributed by atoms with E-state index in [4.69, 9.17) is 4.42 Å². The van der Waals surface area contributed by atoms with Gasteiger partial charge in [-0.2, -0.15) is 8.78 Å². The Labute approximate surface area is 72.9 Å². The van der Waals surface area contributed by atoms with E-state index >= 15 is 0 Å². The Bertz CT molecular complexity index is 430. The van der Waals surface area contributed by atoms with Crippen LogP contribution in [0, 0.1) is 0 Å². The second-order valence-corrected chi connectivity index (χ2v) is 2.80. The van der Waals surface area contributed by atoms with Crippen molar-refractivity contribution in [2.24, 2.45) is 5.73 Å². The summed E-state index contributed by atoms with van der Waals surface area (Å²) in [6.07, 6.45) is 1.45. The molecule has 0 fully saturated rings. The fraction of sp³-hybridized carbons (Fsp3) is 0.111. The summed E-state index contributed by atoms with van der Waals surface area (Å²) < 4.78 is 30.2. The van der Waals surface area contributed by atoms with E-state index in [-0.39, 0.29) is 5.56 Å². The summed E-state index contributed by atoms with van der Waals surface area (Å²) in [6.45, 7) is 0. The largest absolute Gasteiger partial charge is 0.464 e. The standard InChI is InChI=1S/C9H7F2NO/c10-9(11,12)7-2-1-6-3-4-13-8(6)5-7/h1-5H,12H2. The molecular formula is C9H7F2NO. The number of furan rings is 1. The van der Waals surface area contributed by atoms with E-state index in [1.165, 1.54) is 18.4 Å². The van der Waals surface area contributed by atoms with Gasteiger partial charge in [-0.05, 0) is 12.1 Å². The summed E-state index contributed by atoms with van der Waals surface area (Å²) in [5.74, 6) is 0. The normalized spacial score (nSPS) is 12.2. The van der Waals surface area contributed by atoms with E-state index in [2.05, 4.69) is 5.73 Å². The fourth-order valence-electron chi connectivity index (χ4n) is 1.16. The molecule has 0 aliphatic heterocycles. The molecular weight excluding hydrogens is 176 g/mol. The van der Waals surface area contributed by atoms with Gasteiger partial charge in [0.05, 0.1) is 6.26 Å². The SMILES string of the molecule is NC(F)(F)c1ccc2ccoc2c1. The van der Waals surface area contributed by atoms with Gasteiger partial charge in [0.1, 0.15) is 5.58 Å². The first-order valence-corrected chi connectivity index (χ1v) is 3.72. The third kappa shape index (κ3) is 1.40. The van der Waals surface area contributed by atoms with Gasteiger partial charge in [-0.15, -0.1) is 0 Å². The third-order valence-corrected chi connectivity index (χ3v) is 1.84. The number of alkyl halides is 2. The van der Waals surface area contributed by atoms with Crippen LogP contribution in [0.3, 0.4) is 0 Å². The van der Waals surface area contributed by atoms with Gasteiger partial charge in [0.15, 0.2) is 0 Å². The summed E-state index contributed by atoms with van der Waals surface area (Å²) in [6, 6.07) is 2.48. The van der Waals surface area contributed by atoms with Crippen LogP contribution in [-0.2, 0) is 6.05 Å². The molecule has 2 rings (SSSR count). The molecule has 0 aliphatic carbocycles. The second-order valence-electron chi connectivity index (χ2n) is 2.80. The van der Waals surface area contributed by atoms with Gasteiger partial charge in [0.25, 0.3) is 0 Å². The highest BCUT2D eigenvalue weighted by molar-refractivity contribution is 5.77. The molecule has 0 spiro atoms. The summed E-state index contributed by atoms with van der Waals surface area (Å²) >= 11 is 0. The zero-order valence-electron chi connectivity index (χ0n) is 6.63. The van der Waals surface area contributed by atoms with Crippen LogP contribution in [-0.4, -0.2) is 0 Å². The molecule has 2 aromatic rings. The molecule has 2 N–H and O–H groups in total. The molecule has 1 aromatic carbocycles. The van der Waals surface area contributed by atoms with Gasteiger partial charge in [0.2, 0.25) is 0 Å². The molecule has 0 saturated heterocycles. The average molecular weight is 183 g/mol. The minimum atomic E-state index is -3.30. The Balaban J connectivity index is 2.61. The van der Waals surface area contributed by atoms with Crippen LogP contribution in [0.5, 0.6) is 0 Å². The van der Waals surface area contributed by atoms with Crippen LogP contribution < -0.4 is 5.73 Å². The summed E-state index contributed by atoms with van der Waals surface area (Å²) in [5.41, 5.74) is 4.82. The molecule has 0 atom stereocenters. The van der Waals surface area contributed by atoms with Crippen molar-refractivity contribution in [1.82, 2.24) is 0 Å². The maximum Gasteiger partial charge on any atom is 0.327 e. The highest BCUT2D eigenvalue weighted by Crippen LogP contribution is 2.25. The van der Waals surface area contributed by atoms with Crippen molar-refractivity contribution >= 4 is 11.0 Å². The maximum absolute atomic E-state index is 12.6. The molecule has 0 bridgehead atoms. The lowest BCUT2D eigenvalue weighted by Crippen LogP contribution is -2.24. The first kappa shape index (κ1) is 8.19. The number of fused-ring (bicyclic) bond motifs is 1. The first-order valence-electron chi connectivity index (χ1n) is 3.72.